The third-order valence-corrected chi connectivity index (χ3v) is 2.91. The van der Waals surface area contributed by atoms with Gasteiger partial charge in [-0.2, -0.15) is 0 Å². The Labute approximate surface area is 110 Å². The Balaban J connectivity index is 2.52. The predicted molar refractivity (Wildman–Crippen MR) is 75.5 cm³/mol. The molecule has 0 aromatic heterocycles. The van der Waals surface area contributed by atoms with E-state index in [1.165, 1.54) is 16.7 Å². The molecule has 0 radical (unpaired) electrons. The molecule has 0 saturated carbocycles. The van der Waals surface area contributed by atoms with Gasteiger partial charge >= 0.3 is 0 Å². The Kier molecular flexibility index (Phi) is 4.91. The second-order valence-corrected chi connectivity index (χ2v) is 5.63. The van der Waals surface area contributed by atoms with E-state index < -0.39 is 0 Å². The third kappa shape index (κ3) is 4.88. The van der Waals surface area contributed by atoms with Gasteiger partial charge in [-0.25, -0.2) is 0 Å². The lowest BCUT2D eigenvalue weighted by Gasteiger charge is -2.24. The van der Waals surface area contributed by atoms with E-state index in [2.05, 4.69) is 37.4 Å². The first-order valence-corrected chi connectivity index (χ1v) is 6.41. The van der Waals surface area contributed by atoms with Crippen molar-refractivity contribution >= 4 is 5.91 Å². The van der Waals surface area contributed by atoms with Gasteiger partial charge in [-0.1, -0.05) is 29.3 Å². The van der Waals surface area contributed by atoms with Crippen LogP contribution in [0.25, 0.3) is 0 Å². The maximum Gasteiger partial charge on any atom is 0.220 e. The number of amides is 1. The molecule has 0 unspecified atom stereocenters. The molecule has 0 bridgehead atoms. The van der Waals surface area contributed by atoms with Crippen LogP contribution in [0, 0.1) is 13.8 Å². The van der Waals surface area contributed by atoms with E-state index in [-0.39, 0.29) is 11.4 Å². The normalized spacial score (nSPS) is 11.4. The summed E-state index contributed by atoms with van der Waals surface area (Å²) in [5.41, 5.74) is 8.97. The van der Waals surface area contributed by atoms with Gasteiger partial charge in [0.2, 0.25) is 5.91 Å². The van der Waals surface area contributed by atoms with E-state index >= 15 is 0 Å². The minimum Gasteiger partial charge on any atom is -0.350 e. The van der Waals surface area contributed by atoms with Gasteiger partial charge in [-0.15, -0.1) is 0 Å². The first-order valence-electron chi connectivity index (χ1n) is 6.41. The molecule has 1 amide bonds. The van der Waals surface area contributed by atoms with Gasteiger partial charge in [-0.05, 0) is 39.7 Å². The van der Waals surface area contributed by atoms with Crippen molar-refractivity contribution in [3.8, 4) is 0 Å². The summed E-state index contributed by atoms with van der Waals surface area (Å²) in [7, 11) is 0. The number of carbonyl (C=O) groups excluding carboxylic acids is 1. The standard InChI is InChI=1S/C15H24N2O/c1-11-7-12(2)9-13(8-11)5-6-14(18)17-15(3,4)10-16/h7-9H,5-6,10,16H2,1-4H3,(H,17,18). The second-order valence-electron chi connectivity index (χ2n) is 5.63. The van der Waals surface area contributed by atoms with E-state index in [1.54, 1.807) is 0 Å². The molecule has 1 aromatic carbocycles. The number of benzene rings is 1. The van der Waals surface area contributed by atoms with Crippen LogP contribution in [0.5, 0.6) is 0 Å². The minimum atomic E-state index is -0.320. The maximum atomic E-state index is 11.8. The zero-order valence-electron chi connectivity index (χ0n) is 11.8. The summed E-state index contributed by atoms with van der Waals surface area (Å²) < 4.78 is 0. The third-order valence-electron chi connectivity index (χ3n) is 2.91. The highest BCUT2D eigenvalue weighted by atomic mass is 16.1. The molecule has 0 heterocycles. The number of nitrogens with one attached hydrogen (secondary N) is 1. The summed E-state index contributed by atoms with van der Waals surface area (Å²) in [5.74, 6) is 0.0598. The van der Waals surface area contributed by atoms with Crippen molar-refractivity contribution in [1.29, 1.82) is 0 Å². The molecule has 0 saturated heterocycles. The van der Waals surface area contributed by atoms with E-state index in [1.807, 2.05) is 13.8 Å². The molecule has 0 fully saturated rings. The van der Waals surface area contributed by atoms with Gasteiger partial charge < -0.3 is 11.1 Å². The second kappa shape index (κ2) is 6.01. The Morgan fingerprint density at radius 2 is 1.78 bits per heavy atom. The first kappa shape index (κ1) is 14.7. The zero-order chi connectivity index (χ0) is 13.8. The van der Waals surface area contributed by atoms with Crippen LogP contribution in [-0.4, -0.2) is 18.0 Å². The zero-order valence-corrected chi connectivity index (χ0v) is 11.8. The molecule has 18 heavy (non-hydrogen) atoms. The van der Waals surface area contributed by atoms with Crippen LogP contribution in [0.4, 0.5) is 0 Å². The van der Waals surface area contributed by atoms with Crippen molar-refractivity contribution in [2.75, 3.05) is 6.54 Å². The van der Waals surface area contributed by atoms with Gasteiger partial charge in [0.25, 0.3) is 0 Å². The molecule has 1 rings (SSSR count). The lowest BCUT2D eigenvalue weighted by atomic mass is 10.0. The van der Waals surface area contributed by atoms with Crippen molar-refractivity contribution in [2.24, 2.45) is 5.73 Å². The van der Waals surface area contributed by atoms with Crippen LogP contribution in [0.3, 0.4) is 0 Å². The number of aryl methyl sites for hydroxylation is 3. The van der Waals surface area contributed by atoms with Gasteiger partial charge in [0.15, 0.2) is 0 Å². The highest BCUT2D eigenvalue weighted by Crippen LogP contribution is 2.11. The highest BCUT2D eigenvalue weighted by molar-refractivity contribution is 5.77. The summed E-state index contributed by atoms with van der Waals surface area (Å²) in [5, 5.41) is 2.94. The largest absolute Gasteiger partial charge is 0.350 e. The number of carbonyl (C=O) groups is 1. The fourth-order valence-electron chi connectivity index (χ4n) is 1.96. The van der Waals surface area contributed by atoms with Crippen LogP contribution < -0.4 is 11.1 Å². The van der Waals surface area contributed by atoms with Crippen LogP contribution >= 0.6 is 0 Å². The Hall–Kier alpha value is -1.35. The monoisotopic (exact) mass is 248 g/mol. The fourth-order valence-corrected chi connectivity index (χ4v) is 1.96. The quantitative estimate of drug-likeness (QED) is 0.838. The van der Waals surface area contributed by atoms with E-state index in [0.29, 0.717) is 13.0 Å². The topological polar surface area (TPSA) is 55.1 Å². The molecular formula is C15H24N2O. The molecule has 3 N–H and O–H groups in total. The SMILES string of the molecule is Cc1cc(C)cc(CCC(=O)NC(C)(C)CN)c1. The van der Waals surface area contributed by atoms with Crippen LogP contribution in [0.1, 0.15) is 37.0 Å². The lowest BCUT2D eigenvalue weighted by molar-refractivity contribution is -0.122. The Morgan fingerprint density at radius 3 is 2.28 bits per heavy atom. The Morgan fingerprint density at radius 1 is 1.22 bits per heavy atom. The molecule has 3 heteroatoms. The van der Waals surface area contributed by atoms with Crippen molar-refractivity contribution < 1.29 is 4.79 Å². The number of hydrogen-bond acceptors (Lipinski definition) is 2. The molecule has 0 spiro atoms. The summed E-state index contributed by atoms with van der Waals surface area (Å²) in [6, 6.07) is 6.41. The number of nitrogens with two attached hydrogens (primary N) is 1. The predicted octanol–water partition coefficient (Wildman–Crippen LogP) is 2.09. The average molecular weight is 248 g/mol. The molecule has 3 nitrogen and oxygen atoms in total. The van der Waals surface area contributed by atoms with Gasteiger partial charge in [0.05, 0.1) is 0 Å². The lowest BCUT2D eigenvalue weighted by Crippen LogP contribution is -2.48. The van der Waals surface area contributed by atoms with Crippen molar-refractivity contribution in [2.45, 2.75) is 46.1 Å². The van der Waals surface area contributed by atoms with Crippen LogP contribution in [0.15, 0.2) is 18.2 Å². The molecule has 0 atom stereocenters. The molecule has 1 aromatic rings. The molecule has 0 aliphatic carbocycles. The summed E-state index contributed by atoms with van der Waals surface area (Å²) in [6.45, 7) is 8.47. The van der Waals surface area contributed by atoms with E-state index in [4.69, 9.17) is 5.73 Å². The molecule has 0 aliphatic rings. The number of rotatable bonds is 5. The van der Waals surface area contributed by atoms with E-state index in [0.717, 1.165) is 6.42 Å². The van der Waals surface area contributed by atoms with Gasteiger partial charge in [-0.3, -0.25) is 4.79 Å². The van der Waals surface area contributed by atoms with E-state index in [9.17, 15) is 4.79 Å². The van der Waals surface area contributed by atoms with Gasteiger partial charge in [0, 0.05) is 18.5 Å². The summed E-state index contributed by atoms with van der Waals surface area (Å²) >= 11 is 0. The minimum absolute atomic E-state index is 0.0598. The molecule has 0 aliphatic heterocycles. The first-order chi connectivity index (χ1) is 8.32. The van der Waals surface area contributed by atoms with Crippen LogP contribution in [-0.2, 0) is 11.2 Å². The van der Waals surface area contributed by atoms with Crippen molar-refractivity contribution in [3.05, 3.63) is 34.9 Å². The maximum absolute atomic E-state index is 11.8. The van der Waals surface area contributed by atoms with Crippen LogP contribution in [0.2, 0.25) is 0 Å². The number of hydrogen-bond donors (Lipinski definition) is 2. The van der Waals surface area contributed by atoms with Crippen molar-refractivity contribution in [3.63, 3.8) is 0 Å². The average Bonchev–Trinajstić information content (AvgIpc) is 2.24. The fraction of sp³-hybridized carbons (Fsp3) is 0.533. The Bertz CT molecular complexity index is 404. The van der Waals surface area contributed by atoms with Gasteiger partial charge in [0.1, 0.15) is 0 Å². The van der Waals surface area contributed by atoms with Crippen molar-refractivity contribution in [1.82, 2.24) is 5.32 Å². The highest BCUT2D eigenvalue weighted by Gasteiger charge is 2.17. The summed E-state index contributed by atoms with van der Waals surface area (Å²) in [6.07, 6.45) is 1.28. The smallest absolute Gasteiger partial charge is 0.220 e. The molecule has 100 valence electrons. The molecular weight excluding hydrogens is 224 g/mol. The summed E-state index contributed by atoms with van der Waals surface area (Å²) in [4.78, 5) is 11.8.